The summed E-state index contributed by atoms with van der Waals surface area (Å²) in [6.45, 7) is 1.95. The summed E-state index contributed by atoms with van der Waals surface area (Å²) >= 11 is 5.61. The van der Waals surface area contributed by atoms with Gasteiger partial charge in [-0.1, -0.05) is 6.92 Å². The van der Waals surface area contributed by atoms with E-state index in [1.807, 2.05) is 0 Å². The van der Waals surface area contributed by atoms with Crippen molar-refractivity contribution in [2.45, 2.75) is 13.3 Å². The Balaban J connectivity index is 2.56. The van der Waals surface area contributed by atoms with E-state index in [0.717, 1.165) is 0 Å². The van der Waals surface area contributed by atoms with E-state index in [4.69, 9.17) is 22.1 Å². The molecule has 1 rings (SSSR count). The van der Waals surface area contributed by atoms with E-state index in [1.165, 1.54) is 0 Å². The van der Waals surface area contributed by atoms with E-state index in [9.17, 15) is 13.2 Å². The highest BCUT2D eigenvalue weighted by molar-refractivity contribution is 7.92. The van der Waals surface area contributed by atoms with Crippen LogP contribution in [-0.4, -0.2) is 32.6 Å². The van der Waals surface area contributed by atoms with E-state index >= 15 is 0 Å². The number of rotatable bonds is 9. The number of nitrogens with one attached hydrogen (secondary N) is 1. The van der Waals surface area contributed by atoms with Crippen molar-refractivity contribution < 1.29 is 17.9 Å². The van der Waals surface area contributed by atoms with Crippen LogP contribution in [0.3, 0.4) is 0 Å². The molecule has 0 fully saturated rings. The second-order valence-corrected chi connectivity index (χ2v) is 6.81. The van der Waals surface area contributed by atoms with Crippen molar-refractivity contribution >= 4 is 33.2 Å². The molecule has 0 spiro atoms. The molecule has 1 atom stereocenters. The third-order valence-corrected chi connectivity index (χ3v) is 4.59. The zero-order valence-electron chi connectivity index (χ0n) is 11.7. The van der Waals surface area contributed by atoms with Gasteiger partial charge in [-0.05, 0) is 30.2 Å². The van der Waals surface area contributed by atoms with Gasteiger partial charge in [-0.25, -0.2) is 8.42 Å². The molecule has 1 unspecified atom stereocenters. The largest absolute Gasteiger partial charge is 0.493 e. The van der Waals surface area contributed by atoms with Crippen molar-refractivity contribution in [3.63, 3.8) is 0 Å². The van der Waals surface area contributed by atoms with E-state index in [0.29, 0.717) is 11.4 Å². The van der Waals surface area contributed by atoms with Crippen LogP contribution in [-0.2, 0) is 14.8 Å². The lowest BCUT2D eigenvalue weighted by Crippen LogP contribution is -2.22. The Labute approximate surface area is 129 Å². The Morgan fingerprint density at radius 2 is 2.00 bits per heavy atom. The van der Waals surface area contributed by atoms with Gasteiger partial charge in [-0.2, -0.15) is 0 Å². The van der Waals surface area contributed by atoms with E-state index in [2.05, 4.69) is 4.72 Å². The number of anilines is 1. The zero-order chi connectivity index (χ0) is 15.9. The quantitative estimate of drug-likeness (QED) is 0.669. The third-order valence-electron chi connectivity index (χ3n) is 2.51. The first-order valence-corrected chi connectivity index (χ1v) is 8.58. The second-order valence-electron chi connectivity index (χ2n) is 4.73. The Bertz CT molecular complexity index is 560. The van der Waals surface area contributed by atoms with Gasteiger partial charge in [0.2, 0.25) is 15.9 Å². The normalized spacial score (nSPS) is 12.7. The van der Waals surface area contributed by atoms with Gasteiger partial charge in [0.25, 0.3) is 0 Å². The lowest BCUT2D eigenvalue weighted by atomic mass is 10.3. The fourth-order valence-electron chi connectivity index (χ4n) is 1.53. The minimum atomic E-state index is -3.42. The minimum absolute atomic E-state index is 0.0344. The molecular weight excluding hydrogens is 316 g/mol. The number of alkyl halides is 1. The van der Waals surface area contributed by atoms with Gasteiger partial charge >= 0.3 is 0 Å². The van der Waals surface area contributed by atoms with Crippen LogP contribution in [0.25, 0.3) is 0 Å². The van der Waals surface area contributed by atoms with Crippen LogP contribution >= 0.6 is 11.6 Å². The van der Waals surface area contributed by atoms with Gasteiger partial charge in [-0.3, -0.25) is 9.52 Å². The lowest BCUT2D eigenvalue weighted by Gasteiger charge is -2.11. The zero-order valence-corrected chi connectivity index (χ0v) is 13.3. The number of carbonyl (C=O) groups is 1. The van der Waals surface area contributed by atoms with Crippen molar-refractivity contribution in [3.8, 4) is 5.75 Å². The summed E-state index contributed by atoms with van der Waals surface area (Å²) < 4.78 is 31.5. The maximum atomic E-state index is 11.8. The molecule has 0 aliphatic heterocycles. The summed E-state index contributed by atoms with van der Waals surface area (Å²) in [5, 5.41) is 0. The number of carbonyl (C=O) groups excluding carboxylic acids is 1. The summed E-state index contributed by atoms with van der Waals surface area (Å²) in [6.07, 6.45) is 0.130. The van der Waals surface area contributed by atoms with Crippen molar-refractivity contribution in [2.75, 3.05) is 23.0 Å². The van der Waals surface area contributed by atoms with Crippen LogP contribution in [0.5, 0.6) is 5.75 Å². The summed E-state index contributed by atoms with van der Waals surface area (Å²) in [6, 6.07) is 6.40. The van der Waals surface area contributed by atoms with Gasteiger partial charge in [0.15, 0.2) is 0 Å². The van der Waals surface area contributed by atoms with Crippen molar-refractivity contribution in [2.24, 2.45) is 11.7 Å². The van der Waals surface area contributed by atoms with Crippen molar-refractivity contribution in [1.82, 2.24) is 0 Å². The monoisotopic (exact) mass is 334 g/mol. The molecule has 1 aromatic carbocycles. The highest BCUT2D eigenvalue weighted by Gasteiger charge is 2.15. The van der Waals surface area contributed by atoms with Crippen LogP contribution in [0.2, 0.25) is 0 Å². The SMILES string of the molecule is CC(CCl)CS(=O)(=O)Nc1ccc(OCCC(N)=O)cc1. The smallest absolute Gasteiger partial charge is 0.233 e. The summed E-state index contributed by atoms with van der Waals surface area (Å²) in [5.41, 5.74) is 5.44. The Morgan fingerprint density at radius 3 is 2.52 bits per heavy atom. The van der Waals surface area contributed by atoms with Gasteiger partial charge in [0.1, 0.15) is 5.75 Å². The fourth-order valence-corrected chi connectivity index (χ4v) is 3.21. The standard InChI is InChI=1S/C13H19ClN2O4S/c1-10(8-14)9-21(18,19)16-11-2-4-12(5-3-11)20-7-6-13(15)17/h2-5,10,16H,6-9H2,1H3,(H2,15,17). The molecule has 118 valence electrons. The predicted octanol–water partition coefficient (Wildman–Crippen LogP) is 1.56. The molecule has 6 nitrogen and oxygen atoms in total. The number of primary amides is 1. The second kappa shape index (κ2) is 8.09. The summed E-state index contributed by atoms with van der Waals surface area (Å²) in [5.74, 6) is 0.225. The molecule has 0 bridgehead atoms. The number of ether oxygens (including phenoxy) is 1. The fraction of sp³-hybridized carbons (Fsp3) is 0.462. The van der Waals surface area contributed by atoms with Crippen LogP contribution in [0, 0.1) is 5.92 Å². The average molecular weight is 335 g/mol. The summed E-state index contributed by atoms with van der Waals surface area (Å²) in [4.78, 5) is 10.6. The lowest BCUT2D eigenvalue weighted by molar-refractivity contribution is -0.118. The molecule has 1 amide bonds. The number of amides is 1. The Morgan fingerprint density at radius 1 is 1.38 bits per heavy atom. The van der Waals surface area contributed by atoms with Gasteiger partial charge in [-0.15, -0.1) is 11.6 Å². The number of hydrogen-bond donors (Lipinski definition) is 2. The molecule has 8 heteroatoms. The molecule has 3 N–H and O–H groups in total. The number of nitrogens with two attached hydrogens (primary N) is 1. The molecule has 1 aromatic rings. The van der Waals surface area contributed by atoms with E-state index < -0.39 is 15.9 Å². The number of halogens is 1. The van der Waals surface area contributed by atoms with Crippen LogP contribution in [0.4, 0.5) is 5.69 Å². The van der Waals surface area contributed by atoms with Gasteiger partial charge < -0.3 is 10.5 Å². The topological polar surface area (TPSA) is 98.5 Å². The van der Waals surface area contributed by atoms with E-state index in [-0.39, 0.29) is 30.6 Å². The van der Waals surface area contributed by atoms with Crippen LogP contribution in [0.15, 0.2) is 24.3 Å². The maximum Gasteiger partial charge on any atom is 0.233 e. The molecule has 0 aliphatic rings. The number of sulfonamides is 1. The molecule has 0 saturated heterocycles. The van der Waals surface area contributed by atoms with Gasteiger partial charge in [0.05, 0.1) is 18.8 Å². The number of benzene rings is 1. The molecule has 0 aliphatic carbocycles. The molecule has 0 heterocycles. The van der Waals surface area contributed by atoms with Crippen molar-refractivity contribution in [1.29, 1.82) is 0 Å². The molecule has 0 aromatic heterocycles. The van der Waals surface area contributed by atoms with Crippen LogP contribution in [0.1, 0.15) is 13.3 Å². The Hall–Kier alpha value is -1.47. The Kier molecular flexibility index (Phi) is 6.77. The minimum Gasteiger partial charge on any atom is -0.493 e. The first kappa shape index (κ1) is 17.6. The highest BCUT2D eigenvalue weighted by Crippen LogP contribution is 2.17. The van der Waals surface area contributed by atoms with E-state index in [1.54, 1.807) is 31.2 Å². The first-order valence-electron chi connectivity index (χ1n) is 6.40. The highest BCUT2D eigenvalue weighted by atomic mass is 35.5. The maximum absolute atomic E-state index is 11.8. The third kappa shape index (κ3) is 7.19. The molecular formula is C13H19ClN2O4S. The predicted molar refractivity (Wildman–Crippen MR) is 83.0 cm³/mol. The first-order chi connectivity index (χ1) is 9.82. The van der Waals surface area contributed by atoms with Crippen molar-refractivity contribution in [3.05, 3.63) is 24.3 Å². The van der Waals surface area contributed by atoms with Gasteiger partial charge in [0, 0.05) is 11.6 Å². The number of hydrogen-bond acceptors (Lipinski definition) is 4. The summed E-state index contributed by atoms with van der Waals surface area (Å²) in [7, 11) is -3.42. The molecule has 21 heavy (non-hydrogen) atoms. The molecule has 0 saturated carbocycles. The molecule has 0 radical (unpaired) electrons. The van der Waals surface area contributed by atoms with Crippen LogP contribution < -0.4 is 15.2 Å². The average Bonchev–Trinajstić information content (AvgIpc) is 2.39.